The van der Waals surface area contributed by atoms with E-state index in [1.165, 1.54) is 0 Å². The molecular formula is C13H17N5O. The Morgan fingerprint density at radius 2 is 2.16 bits per heavy atom. The number of benzene rings is 1. The Morgan fingerprint density at radius 1 is 1.37 bits per heavy atom. The normalized spacial score (nSPS) is 10.2. The van der Waals surface area contributed by atoms with E-state index in [2.05, 4.69) is 20.8 Å². The number of carbonyl (C=O) groups excluding carboxylic acids is 1. The second-order valence-electron chi connectivity index (χ2n) is 4.16. The third kappa shape index (κ3) is 3.09. The first kappa shape index (κ1) is 13.1. The molecule has 1 aromatic heterocycles. The number of anilines is 1. The van der Waals surface area contributed by atoms with Gasteiger partial charge in [-0.25, -0.2) is 0 Å². The third-order valence-corrected chi connectivity index (χ3v) is 2.88. The van der Waals surface area contributed by atoms with Crippen LogP contribution in [0.15, 0.2) is 30.6 Å². The van der Waals surface area contributed by atoms with E-state index in [1.54, 1.807) is 19.4 Å². The zero-order valence-corrected chi connectivity index (χ0v) is 11.1. The molecule has 0 radical (unpaired) electrons. The summed E-state index contributed by atoms with van der Waals surface area (Å²) in [4.78, 5) is 12.0. The Balaban J connectivity index is 1.93. The molecule has 0 fully saturated rings. The highest BCUT2D eigenvalue weighted by atomic mass is 16.1. The number of para-hydroxylation sites is 1. The van der Waals surface area contributed by atoms with Gasteiger partial charge >= 0.3 is 0 Å². The average Bonchev–Trinajstić information content (AvgIpc) is 2.84. The molecule has 0 saturated carbocycles. The lowest BCUT2D eigenvalue weighted by Crippen LogP contribution is -2.27. The number of aromatic nitrogens is 3. The molecule has 0 saturated heterocycles. The molecular weight excluding hydrogens is 242 g/mol. The molecule has 2 N–H and O–H groups in total. The van der Waals surface area contributed by atoms with E-state index in [0.717, 1.165) is 11.5 Å². The van der Waals surface area contributed by atoms with Crippen LogP contribution in [-0.2, 0) is 13.5 Å². The van der Waals surface area contributed by atoms with Gasteiger partial charge in [-0.05, 0) is 12.1 Å². The van der Waals surface area contributed by atoms with E-state index >= 15 is 0 Å². The minimum absolute atomic E-state index is 0.0906. The smallest absolute Gasteiger partial charge is 0.253 e. The van der Waals surface area contributed by atoms with Gasteiger partial charge in [0.15, 0.2) is 0 Å². The number of hydrogen-bond acceptors (Lipinski definition) is 4. The zero-order valence-electron chi connectivity index (χ0n) is 11.1. The standard InChI is InChI=1S/C13H17N5O/c1-14-11-6-4-3-5-10(11)13(19)15-8-7-12-17-16-9-18(12)2/h3-6,9,14H,7-8H2,1-2H3,(H,15,19). The Hall–Kier alpha value is -2.37. The molecule has 1 heterocycles. The minimum Gasteiger partial charge on any atom is -0.387 e. The van der Waals surface area contributed by atoms with Crippen LogP contribution in [0.3, 0.4) is 0 Å². The summed E-state index contributed by atoms with van der Waals surface area (Å²) in [6.45, 7) is 0.531. The van der Waals surface area contributed by atoms with Crippen LogP contribution in [0.2, 0.25) is 0 Å². The van der Waals surface area contributed by atoms with Gasteiger partial charge in [-0.1, -0.05) is 12.1 Å². The highest BCUT2D eigenvalue weighted by molar-refractivity contribution is 5.99. The third-order valence-electron chi connectivity index (χ3n) is 2.88. The fourth-order valence-electron chi connectivity index (χ4n) is 1.82. The summed E-state index contributed by atoms with van der Waals surface area (Å²) < 4.78 is 1.84. The van der Waals surface area contributed by atoms with Crippen molar-refractivity contribution >= 4 is 11.6 Å². The molecule has 0 bridgehead atoms. The van der Waals surface area contributed by atoms with Crippen molar-refractivity contribution in [2.75, 3.05) is 18.9 Å². The second-order valence-corrected chi connectivity index (χ2v) is 4.16. The average molecular weight is 259 g/mol. The number of amides is 1. The maximum Gasteiger partial charge on any atom is 0.253 e. The summed E-state index contributed by atoms with van der Waals surface area (Å²) >= 11 is 0. The van der Waals surface area contributed by atoms with E-state index in [4.69, 9.17) is 0 Å². The molecule has 0 atom stereocenters. The quantitative estimate of drug-likeness (QED) is 0.834. The van der Waals surface area contributed by atoms with Crippen molar-refractivity contribution in [3.05, 3.63) is 42.0 Å². The Bertz CT molecular complexity index is 564. The van der Waals surface area contributed by atoms with Gasteiger partial charge in [-0.15, -0.1) is 10.2 Å². The first-order valence-corrected chi connectivity index (χ1v) is 6.10. The SMILES string of the molecule is CNc1ccccc1C(=O)NCCc1nncn1C. The van der Waals surface area contributed by atoms with Gasteiger partial charge in [0.05, 0.1) is 5.56 Å². The first-order valence-electron chi connectivity index (χ1n) is 6.10. The van der Waals surface area contributed by atoms with Crippen LogP contribution in [0.4, 0.5) is 5.69 Å². The van der Waals surface area contributed by atoms with E-state index < -0.39 is 0 Å². The van der Waals surface area contributed by atoms with Gasteiger partial charge < -0.3 is 15.2 Å². The van der Waals surface area contributed by atoms with E-state index in [-0.39, 0.29) is 5.91 Å². The molecule has 0 aliphatic heterocycles. The van der Waals surface area contributed by atoms with Crippen molar-refractivity contribution in [2.24, 2.45) is 7.05 Å². The molecule has 2 aromatic rings. The van der Waals surface area contributed by atoms with Crippen LogP contribution in [0.5, 0.6) is 0 Å². The highest BCUT2D eigenvalue weighted by Crippen LogP contribution is 2.13. The Labute approximate surface area is 111 Å². The highest BCUT2D eigenvalue weighted by Gasteiger charge is 2.09. The van der Waals surface area contributed by atoms with Crippen LogP contribution in [0.25, 0.3) is 0 Å². The number of nitrogens with zero attached hydrogens (tertiary/aromatic N) is 3. The topological polar surface area (TPSA) is 71.8 Å². The summed E-state index contributed by atoms with van der Waals surface area (Å²) in [5.74, 6) is 0.759. The van der Waals surface area contributed by atoms with Gasteiger partial charge in [0.2, 0.25) is 0 Å². The molecule has 19 heavy (non-hydrogen) atoms. The van der Waals surface area contributed by atoms with Gasteiger partial charge in [-0.3, -0.25) is 4.79 Å². The van der Waals surface area contributed by atoms with Gasteiger partial charge in [0.25, 0.3) is 5.91 Å². The number of hydrogen-bond donors (Lipinski definition) is 2. The lowest BCUT2D eigenvalue weighted by atomic mass is 10.1. The number of nitrogens with one attached hydrogen (secondary N) is 2. The molecule has 2 rings (SSSR count). The van der Waals surface area contributed by atoms with Gasteiger partial charge in [0, 0.05) is 32.7 Å². The fourth-order valence-corrected chi connectivity index (χ4v) is 1.82. The van der Waals surface area contributed by atoms with Crippen molar-refractivity contribution in [3.8, 4) is 0 Å². The van der Waals surface area contributed by atoms with Crippen molar-refractivity contribution in [1.82, 2.24) is 20.1 Å². The maximum absolute atomic E-state index is 12.0. The fraction of sp³-hybridized carbons (Fsp3) is 0.308. The molecule has 1 aromatic carbocycles. The van der Waals surface area contributed by atoms with E-state index in [9.17, 15) is 4.79 Å². The summed E-state index contributed by atoms with van der Waals surface area (Å²) in [6, 6.07) is 7.40. The molecule has 0 spiro atoms. The molecule has 6 heteroatoms. The molecule has 0 aliphatic carbocycles. The number of aryl methyl sites for hydroxylation is 1. The molecule has 1 amide bonds. The van der Waals surface area contributed by atoms with Crippen LogP contribution in [0, 0.1) is 0 Å². The summed E-state index contributed by atoms with van der Waals surface area (Å²) in [7, 11) is 3.68. The predicted octanol–water partition coefficient (Wildman–Crippen LogP) is 0.829. The molecule has 0 aliphatic rings. The molecule has 6 nitrogen and oxygen atoms in total. The van der Waals surface area contributed by atoms with Crippen molar-refractivity contribution < 1.29 is 4.79 Å². The minimum atomic E-state index is -0.0906. The predicted molar refractivity (Wildman–Crippen MR) is 73.0 cm³/mol. The monoisotopic (exact) mass is 259 g/mol. The lowest BCUT2D eigenvalue weighted by Gasteiger charge is -2.09. The van der Waals surface area contributed by atoms with E-state index in [1.807, 2.05) is 29.8 Å². The Kier molecular flexibility index (Phi) is 4.12. The first-order chi connectivity index (χ1) is 9.22. The molecule has 0 unspecified atom stereocenters. The summed E-state index contributed by atoms with van der Waals surface area (Å²) in [5, 5.41) is 13.6. The lowest BCUT2D eigenvalue weighted by molar-refractivity contribution is 0.0954. The number of carbonyl (C=O) groups is 1. The maximum atomic E-state index is 12.0. The van der Waals surface area contributed by atoms with Gasteiger partial charge in [-0.2, -0.15) is 0 Å². The van der Waals surface area contributed by atoms with Crippen LogP contribution < -0.4 is 10.6 Å². The van der Waals surface area contributed by atoms with Crippen LogP contribution in [0.1, 0.15) is 16.2 Å². The van der Waals surface area contributed by atoms with Crippen molar-refractivity contribution in [3.63, 3.8) is 0 Å². The van der Waals surface area contributed by atoms with Crippen molar-refractivity contribution in [2.45, 2.75) is 6.42 Å². The van der Waals surface area contributed by atoms with Crippen LogP contribution in [-0.4, -0.2) is 34.3 Å². The number of rotatable bonds is 5. The van der Waals surface area contributed by atoms with Gasteiger partial charge in [0.1, 0.15) is 12.2 Å². The summed E-state index contributed by atoms with van der Waals surface area (Å²) in [5.41, 5.74) is 1.46. The van der Waals surface area contributed by atoms with Crippen LogP contribution >= 0.6 is 0 Å². The molecule has 100 valence electrons. The largest absolute Gasteiger partial charge is 0.387 e. The second kappa shape index (κ2) is 5.99. The Morgan fingerprint density at radius 3 is 2.84 bits per heavy atom. The van der Waals surface area contributed by atoms with E-state index in [0.29, 0.717) is 18.5 Å². The van der Waals surface area contributed by atoms with Crippen molar-refractivity contribution in [1.29, 1.82) is 0 Å². The zero-order chi connectivity index (χ0) is 13.7. The summed E-state index contributed by atoms with van der Waals surface area (Å²) in [6.07, 6.45) is 2.30.